The van der Waals surface area contributed by atoms with Crippen molar-refractivity contribution in [3.05, 3.63) is 56.8 Å². The van der Waals surface area contributed by atoms with Gasteiger partial charge in [-0.2, -0.15) is 0 Å². The van der Waals surface area contributed by atoms with E-state index in [1.54, 1.807) is 6.07 Å². The van der Waals surface area contributed by atoms with Crippen LogP contribution in [0.5, 0.6) is 0 Å². The number of hydrogen-bond acceptors (Lipinski definition) is 4. The zero-order valence-electron chi connectivity index (χ0n) is 9.56. The summed E-state index contributed by atoms with van der Waals surface area (Å²) in [5.41, 5.74) is 5.57. The third kappa shape index (κ3) is 2.82. The molecule has 7 heteroatoms. The Morgan fingerprint density at radius 1 is 1.26 bits per heavy atom. The zero-order chi connectivity index (χ0) is 14.0. The van der Waals surface area contributed by atoms with E-state index >= 15 is 0 Å². The summed E-state index contributed by atoms with van der Waals surface area (Å²) in [5, 5.41) is 13.6. The second-order valence-electron chi connectivity index (χ2n) is 3.75. The first-order valence-corrected chi connectivity index (χ1v) is 6.03. The Bertz CT molecular complexity index is 649. The predicted octanol–water partition coefficient (Wildman–Crippen LogP) is 3.82. The lowest BCUT2D eigenvalue weighted by Gasteiger charge is -2.09. The smallest absolute Gasteiger partial charge is 0.315 e. The van der Waals surface area contributed by atoms with E-state index in [-0.39, 0.29) is 22.7 Å². The zero-order valence-corrected chi connectivity index (χ0v) is 11.1. The minimum Gasteiger partial charge on any atom is -0.393 e. The molecule has 0 bridgehead atoms. The second-order valence-corrected chi connectivity index (χ2v) is 4.67. The van der Waals surface area contributed by atoms with Gasteiger partial charge in [-0.3, -0.25) is 10.1 Å². The van der Waals surface area contributed by atoms with E-state index in [0.717, 1.165) is 0 Å². The van der Waals surface area contributed by atoms with Crippen LogP contribution in [-0.2, 0) is 0 Å². The molecule has 5 nitrogen and oxygen atoms in total. The highest BCUT2D eigenvalue weighted by atomic mass is 79.9. The number of nitrogens with one attached hydrogen (secondary N) is 1. The van der Waals surface area contributed by atoms with E-state index in [1.807, 2.05) is 0 Å². The van der Waals surface area contributed by atoms with E-state index in [0.29, 0.717) is 4.47 Å². The van der Waals surface area contributed by atoms with Crippen molar-refractivity contribution in [1.29, 1.82) is 0 Å². The Morgan fingerprint density at radius 2 is 2.00 bits per heavy atom. The molecule has 0 saturated heterocycles. The fraction of sp³-hybridized carbons (Fsp3) is 0. The van der Waals surface area contributed by atoms with Crippen molar-refractivity contribution in [2.75, 3.05) is 11.1 Å². The number of nitrogen functional groups attached to an aromatic ring is 1. The predicted molar refractivity (Wildman–Crippen MR) is 74.9 cm³/mol. The molecule has 0 heterocycles. The molecular formula is C12H9BrFN3O2. The van der Waals surface area contributed by atoms with Crippen LogP contribution in [0.3, 0.4) is 0 Å². The SMILES string of the molecule is Nc1cccc(Nc2cc(Br)ccc2F)c1[N+](=O)[O-]. The van der Waals surface area contributed by atoms with Crippen molar-refractivity contribution < 1.29 is 9.31 Å². The van der Waals surface area contributed by atoms with Crippen LogP contribution in [0.15, 0.2) is 40.9 Å². The van der Waals surface area contributed by atoms with Gasteiger partial charge in [0.1, 0.15) is 17.2 Å². The molecule has 98 valence electrons. The van der Waals surface area contributed by atoms with Crippen LogP contribution in [0.2, 0.25) is 0 Å². The van der Waals surface area contributed by atoms with E-state index in [2.05, 4.69) is 21.2 Å². The molecule has 0 saturated carbocycles. The van der Waals surface area contributed by atoms with Crippen LogP contribution in [0.25, 0.3) is 0 Å². The van der Waals surface area contributed by atoms with Crippen molar-refractivity contribution in [2.45, 2.75) is 0 Å². The molecule has 0 radical (unpaired) electrons. The van der Waals surface area contributed by atoms with Gasteiger partial charge in [-0.05, 0) is 30.3 Å². The van der Waals surface area contributed by atoms with Crippen LogP contribution in [-0.4, -0.2) is 4.92 Å². The average molecular weight is 326 g/mol. The number of para-hydroxylation sites is 1. The van der Waals surface area contributed by atoms with Crippen LogP contribution < -0.4 is 11.1 Å². The fourth-order valence-electron chi connectivity index (χ4n) is 1.60. The van der Waals surface area contributed by atoms with Gasteiger partial charge in [0.15, 0.2) is 0 Å². The number of nitro benzene ring substituents is 1. The largest absolute Gasteiger partial charge is 0.393 e. The van der Waals surface area contributed by atoms with Gasteiger partial charge in [0.25, 0.3) is 0 Å². The Balaban J connectivity index is 2.46. The lowest BCUT2D eigenvalue weighted by Crippen LogP contribution is -2.02. The highest BCUT2D eigenvalue weighted by molar-refractivity contribution is 9.10. The summed E-state index contributed by atoms with van der Waals surface area (Å²) in [5.74, 6) is -0.514. The Hall–Kier alpha value is -2.15. The maximum absolute atomic E-state index is 13.6. The third-order valence-corrected chi connectivity index (χ3v) is 2.94. The molecule has 0 fully saturated rings. The number of rotatable bonds is 3. The summed E-state index contributed by atoms with van der Waals surface area (Å²) < 4.78 is 14.3. The highest BCUT2D eigenvalue weighted by Gasteiger charge is 2.18. The lowest BCUT2D eigenvalue weighted by atomic mass is 10.2. The molecule has 2 aromatic rings. The molecule has 0 aliphatic rings. The molecule has 0 amide bonds. The van der Waals surface area contributed by atoms with Crippen LogP contribution >= 0.6 is 15.9 Å². The van der Waals surface area contributed by atoms with Crippen LogP contribution in [0.4, 0.5) is 27.1 Å². The van der Waals surface area contributed by atoms with Gasteiger partial charge in [0.05, 0.1) is 10.6 Å². The van der Waals surface area contributed by atoms with Gasteiger partial charge < -0.3 is 11.1 Å². The summed E-state index contributed by atoms with van der Waals surface area (Å²) in [6, 6.07) is 8.72. The van der Waals surface area contributed by atoms with Gasteiger partial charge in [0, 0.05) is 4.47 Å². The van der Waals surface area contributed by atoms with E-state index < -0.39 is 10.7 Å². The van der Waals surface area contributed by atoms with Crippen LogP contribution in [0.1, 0.15) is 0 Å². The first kappa shape index (κ1) is 13.3. The quantitative estimate of drug-likeness (QED) is 0.510. The van der Waals surface area contributed by atoms with E-state index in [1.165, 1.54) is 30.3 Å². The number of anilines is 3. The number of hydrogen-bond donors (Lipinski definition) is 2. The number of benzene rings is 2. The fourth-order valence-corrected chi connectivity index (χ4v) is 1.97. The average Bonchev–Trinajstić information content (AvgIpc) is 2.33. The minimum absolute atomic E-state index is 0.0189. The number of halogens is 2. The molecule has 2 aromatic carbocycles. The lowest BCUT2D eigenvalue weighted by molar-refractivity contribution is -0.383. The van der Waals surface area contributed by atoms with Crippen molar-refractivity contribution >= 4 is 38.7 Å². The summed E-state index contributed by atoms with van der Waals surface area (Å²) >= 11 is 3.21. The molecule has 19 heavy (non-hydrogen) atoms. The van der Waals surface area contributed by atoms with Crippen LogP contribution in [0, 0.1) is 15.9 Å². The van der Waals surface area contributed by atoms with Gasteiger partial charge in [-0.25, -0.2) is 4.39 Å². The first-order valence-electron chi connectivity index (χ1n) is 5.24. The molecule has 0 spiro atoms. The number of nitrogens with two attached hydrogens (primary N) is 1. The Labute approximate surface area is 116 Å². The molecule has 0 aliphatic carbocycles. The van der Waals surface area contributed by atoms with Gasteiger partial charge >= 0.3 is 5.69 Å². The highest BCUT2D eigenvalue weighted by Crippen LogP contribution is 2.34. The van der Waals surface area contributed by atoms with Crippen molar-refractivity contribution in [2.24, 2.45) is 0 Å². The normalized spacial score (nSPS) is 10.2. The topological polar surface area (TPSA) is 81.2 Å². The second kappa shape index (κ2) is 5.23. The van der Waals surface area contributed by atoms with Gasteiger partial charge in [-0.15, -0.1) is 0 Å². The molecule has 3 N–H and O–H groups in total. The van der Waals surface area contributed by atoms with Gasteiger partial charge in [-0.1, -0.05) is 22.0 Å². The maximum atomic E-state index is 13.6. The minimum atomic E-state index is -0.604. The molecule has 0 aliphatic heterocycles. The van der Waals surface area contributed by atoms with Crippen molar-refractivity contribution in [3.63, 3.8) is 0 Å². The van der Waals surface area contributed by atoms with Crippen molar-refractivity contribution in [1.82, 2.24) is 0 Å². The summed E-state index contributed by atoms with van der Waals surface area (Å²) in [6.45, 7) is 0. The maximum Gasteiger partial charge on any atom is 0.315 e. The van der Waals surface area contributed by atoms with E-state index in [9.17, 15) is 14.5 Å². The molecule has 0 atom stereocenters. The molecule has 0 unspecified atom stereocenters. The molecular weight excluding hydrogens is 317 g/mol. The van der Waals surface area contributed by atoms with Crippen molar-refractivity contribution in [3.8, 4) is 0 Å². The summed E-state index contributed by atoms with van der Waals surface area (Å²) in [6.07, 6.45) is 0. The summed E-state index contributed by atoms with van der Waals surface area (Å²) in [7, 11) is 0. The van der Waals surface area contributed by atoms with E-state index in [4.69, 9.17) is 5.73 Å². The molecule has 0 aromatic heterocycles. The monoisotopic (exact) mass is 325 g/mol. The van der Waals surface area contributed by atoms with Gasteiger partial charge in [0.2, 0.25) is 0 Å². The Morgan fingerprint density at radius 3 is 2.68 bits per heavy atom. The first-order chi connectivity index (χ1) is 8.99. The number of nitro groups is 1. The molecule has 2 rings (SSSR count). The Kier molecular flexibility index (Phi) is 3.66. The number of nitrogens with zero attached hydrogens (tertiary/aromatic N) is 1. The standard InChI is InChI=1S/C12H9BrFN3O2/c13-7-4-5-8(14)11(6-7)16-10-3-1-2-9(15)12(10)17(18)19/h1-6,16H,15H2. The third-order valence-electron chi connectivity index (χ3n) is 2.45. The summed E-state index contributed by atoms with van der Waals surface area (Å²) in [4.78, 5) is 10.4.